The molecule has 13 heavy (non-hydrogen) atoms. The maximum absolute atomic E-state index is 5.79. The van der Waals surface area contributed by atoms with Crippen LogP contribution in [-0.2, 0) is 6.42 Å². The van der Waals surface area contributed by atoms with E-state index < -0.39 is 0 Å². The van der Waals surface area contributed by atoms with E-state index in [4.69, 9.17) is 10.2 Å². The van der Waals surface area contributed by atoms with Gasteiger partial charge in [0, 0.05) is 0 Å². The molecule has 0 aromatic carbocycles. The molecule has 0 saturated heterocycles. The summed E-state index contributed by atoms with van der Waals surface area (Å²) in [7, 11) is 0. The monoisotopic (exact) mass is 181 g/mol. The van der Waals surface area contributed by atoms with Gasteiger partial charge < -0.3 is 10.2 Å². The highest BCUT2D eigenvalue weighted by atomic mass is 16.3. The third-order valence-corrected chi connectivity index (χ3v) is 3.05. The van der Waals surface area contributed by atoms with Crippen molar-refractivity contribution in [2.45, 2.75) is 27.2 Å². The smallest absolute Gasteiger partial charge is 0.0934 e. The highest BCUT2D eigenvalue weighted by Crippen LogP contribution is 2.30. The fourth-order valence-corrected chi connectivity index (χ4v) is 1.37. The van der Waals surface area contributed by atoms with Crippen molar-refractivity contribution >= 4 is 0 Å². The summed E-state index contributed by atoms with van der Waals surface area (Å²) in [5.74, 6) is 0.590. The van der Waals surface area contributed by atoms with Crippen LogP contribution in [0.5, 0.6) is 0 Å². The molecule has 0 saturated carbocycles. The van der Waals surface area contributed by atoms with Crippen LogP contribution in [0.1, 0.15) is 26.3 Å². The standard InChI is InChI=1S/C11H19NO/c1-9(2)11(3,8-12)6-10-4-5-13-7-10/h4-5,7,9H,6,8,12H2,1-3H3. The minimum absolute atomic E-state index is 0.184. The molecule has 1 atom stereocenters. The first kappa shape index (κ1) is 10.3. The molecule has 0 aliphatic rings. The quantitative estimate of drug-likeness (QED) is 0.775. The van der Waals surface area contributed by atoms with E-state index in [1.807, 2.05) is 6.07 Å². The van der Waals surface area contributed by atoms with Gasteiger partial charge in [0.25, 0.3) is 0 Å². The highest BCUT2D eigenvalue weighted by Gasteiger charge is 2.27. The largest absolute Gasteiger partial charge is 0.472 e. The summed E-state index contributed by atoms with van der Waals surface area (Å²) < 4.78 is 5.04. The first-order valence-electron chi connectivity index (χ1n) is 4.79. The highest BCUT2D eigenvalue weighted by molar-refractivity contribution is 5.08. The summed E-state index contributed by atoms with van der Waals surface area (Å²) in [5, 5.41) is 0. The van der Waals surface area contributed by atoms with E-state index in [9.17, 15) is 0 Å². The van der Waals surface area contributed by atoms with E-state index in [-0.39, 0.29) is 5.41 Å². The van der Waals surface area contributed by atoms with Crippen molar-refractivity contribution in [3.8, 4) is 0 Å². The van der Waals surface area contributed by atoms with Gasteiger partial charge in [-0.05, 0) is 35.9 Å². The van der Waals surface area contributed by atoms with Crippen molar-refractivity contribution in [3.63, 3.8) is 0 Å². The maximum Gasteiger partial charge on any atom is 0.0934 e. The van der Waals surface area contributed by atoms with Gasteiger partial charge in [-0.2, -0.15) is 0 Å². The molecule has 2 N–H and O–H groups in total. The van der Waals surface area contributed by atoms with Crippen molar-refractivity contribution in [1.82, 2.24) is 0 Å². The number of nitrogens with two attached hydrogens (primary N) is 1. The Kier molecular flexibility index (Phi) is 3.15. The predicted octanol–water partition coefficient (Wildman–Crippen LogP) is 2.44. The summed E-state index contributed by atoms with van der Waals surface area (Å²) in [6.07, 6.45) is 4.51. The van der Waals surface area contributed by atoms with E-state index in [1.165, 1.54) is 5.56 Å². The van der Waals surface area contributed by atoms with Crippen LogP contribution in [0.15, 0.2) is 23.0 Å². The normalized spacial score (nSPS) is 16.1. The lowest BCUT2D eigenvalue weighted by atomic mass is 9.75. The molecule has 0 fully saturated rings. The van der Waals surface area contributed by atoms with Crippen LogP contribution in [0.25, 0.3) is 0 Å². The van der Waals surface area contributed by atoms with E-state index in [1.54, 1.807) is 12.5 Å². The second-order valence-corrected chi connectivity index (χ2v) is 4.32. The van der Waals surface area contributed by atoms with Crippen molar-refractivity contribution in [1.29, 1.82) is 0 Å². The Morgan fingerprint density at radius 3 is 2.62 bits per heavy atom. The Hall–Kier alpha value is -0.760. The number of hydrogen-bond acceptors (Lipinski definition) is 2. The Morgan fingerprint density at radius 2 is 2.23 bits per heavy atom. The molecule has 1 aromatic rings. The summed E-state index contributed by atoms with van der Waals surface area (Å²) in [4.78, 5) is 0. The summed E-state index contributed by atoms with van der Waals surface area (Å²) >= 11 is 0. The molecule has 0 aliphatic carbocycles. The molecule has 1 rings (SSSR count). The molecule has 0 bridgehead atoms. The van der Waals surface area contributed by atoms with Gasteiger partial charge in [-0.1, -0.05) is 20.8 Å². The Bertz CT molecular complexity index is 241. The first-order chi connectivity index (χ1) is 6.08. The average molecular weight is 181 g/mol. The number of furan rings is 1. The van der Waals surface area contributed by atoms with Crippen LogP contribution in [-0.4, -0.2) is 6.54 Å². The van der Waals surface area contributed by atoms with Gasteiger partial charge in [-0.3, -0.25) is 0 Å². The Labute approximate surface area is 80.1 Å². The zero-order chi connectivity index (χ0) is 9.90. The second-order valence-electron chi connectivity index (χ2n) is 4.32. The van der Waals surface area contributed by atoms with Crippen molar-refractivity contribution in [2.24, 2.45) is 17.1 Å². The van der Waals surface area contributed by atoms with Gasteiger partial charge in [0.05, 0.1) is 12.5 Å². The van der Waals surface area contributed by atoms with Gasteiger partial charge in [0.15, 0.2) is 0 Å². The third kappa shape index (κ3) is 2.34. The molecule has 0 aliphatic heterocycles. The lowest BCUT2D eigenvalue weighted by molar-refractivity contribution is 0.227. The lowest BCUT2D eigenvalue weighted by Gasteiger charge is -2.31. The van der Waals surface area contributed by atoms with Gasteiger partial charge in [-0.15, -0.1) is 0 Å². The van der Waals surface area contributed by atoms with E-state index in [0.29, 0.717) is 5.92 Å². The fraction of sp³-hybridized carbons (Fsp3) is 0.636. The molecule has 74 valence electrons. The van der Waals surface area contributed by atoms with Crippen LogP contribution < -0.4 is 5.73 Å². The Balaban J connectivity index is 2.69. The molecule has 2 nitrogen and oxygen atoms in total. The number of hydrogen-bond donors (Lipinski definition) is 1. The third-order valence-electron chi connectivity index (χ3n) is 3.05. The van der Waals surface area contributed by atoms with E-state index in [0.717, 1.165) is 13.0 Å². The first-order valence-corrected chi connectivity index (χ1v) is 4.79. The van der Waals surface area contributed by atoms with Crippen LogP contribution in [0.3, 0.4) is 0 Å². The van der Waals surface area contributed by atoms with Crippen LogP contribution in [0.2, 0.25) is 0 Å². The Morgan fingerprint density at radius 1 is 1.54 bits per heavy atom. The summed E-state index contributed by atoms with van der Waals surface area (Å²) in [5.41, 5.74) is 7.22. The minimum Gasteiger partial charge on any atom is -0.472 e. The fourth-order valence-electron chi connectivity index (χ4n) is 1.37. The maximum atomic E-state index is 5.79. The molecule has 0 radical (unpaired) electrons. The van der Waals surface area contributed by atoms with Gasteiger partial charge in [0.1, 0.15) is 0 Å². The van der Waals surface area contributed by atoms with Crippen molar-refractivity contribution in [2.75, 3.05) is 6.54 Å². The topological polar surface area (TPSA) is 39.2 Å². The van der Waals surface area contributed by atoms with Crippen molar-refractivity contribution in [3.05, 3.63) is 24.2 Å². The average Bonchev–Trinajstić information content (AvgIpc) is 2.56. The molecule has 1 heterocycles. The van der Waals surface area contributed by atoms with E-state index in [2.05, 4.69) is 20.8 Å². The second kappa shape index (κ2) is 3.97. The van der Waals surface area contributed by atoms with Crippen LogP contribution in [0, 0.1) is 11.3 Å². The zero-order valence-electron chi connectivity index (χ0n) is 8.71. The molecule has 1 unspecified atom stereocenters. The predicted molar refractivity (Wildman–Crippen MR) is 54.4 cm³/mol. The van der Waals surface area contributed by atoms with Gasteiger partial charge >= 0.3 is 0 Å². The SMILES string of the molecule is CC(C)C(C)(CN)Cc1ccoc1. The molecule has 1 aromatic heterocycles. The minimum atomic E-state index is 0.184. The molecule has 2 heteroatoms. The molecular weight excluding hydrogens is 162 g/mol. The van der Waals surface area contributed by atoms with Crippen LogP contribution in [0.4, 0.5) is 0 Å². The summed E-state index contributed by atoms with van der Waals surface area (Å²) in [6, 6.07) is 2.01. The summed E-state index contributed by atoms with van der Waals surface area (Å²) in [6.45, 7) is 7.38. The van der Waals surface area contributed by atoms with Gasteiger partial charge in [-0.25, -0.2) is 0 Å². The zero-order valence-corrected chi connectivity index (χ0v) is 8.71. The van der Waals surface area contributed by atoms with Crippen LogP contribution >= 0.6 is 0 Å². The van der Waals surface area contributed by atoms with E-state index >= 15 is 0 Å². The molecular formula is C11H19NO. The lowest BCUT2D eigenvalue weighted by Crippen LogP contribution is -2.34. The van der Waals surface area contributed by atoms with Gasteiger partial charge in [0.2, 0.25) is 0 Å². The molecule has 0 amide bonds. The number of rotatable bonds is 4. The molecule has 0 spiro atoms. The van der Waals surface area contributed by atoms with Crippen molar-refractivity contribution < 1.29 is 4.42 Å².